The van der Waals surface area contributed by atoms with E-state index in [1.54, 1.807) is 19.0 Å². The fourth-order valence-corrected chi connectivity index (χ4v) is 8.25. The van der Waals surface area contributed by atoms with Gasteiger partial charge in [0.1, 0.15) is 22.8 Å². The number of nitrogens with zero attached hydrogens (tertiary/aromatic N) is 3. The quantitative estimate of drug-likeness (QED) is 0.299. The predicted octanol–water partition coefficient (Wildman–Crippen LogP) is 3.30. The molecular weight excluding hydrogens is 560 g/mol. The van der Waals surface area contributed by atoms with Crippen molar-refractivity contribution in [1.29, 1.82) is 0 Å². The highest BCUT2D eigenvalue weighted by Gasteiger charge is 2.56. The van der Waals surface area contributed by atoms with Crippen molar-refractivity contribution in [3.63, 3.8) is 0 Å². The Balaban J connectivity index is 1.48. The molecule has 0 aromatic heterocycles. The highest BCUT2D eigenvalue weighted by atomic mass is 16.3. The summed E-state index contributed by atoms with van der Waals surface area (Å²) in [6.45, 7) is 5.08. The fourth-order valence-electron chi connectivity index (χ4n) is 8.25. The summed E-state index contributed by atoms with van der Waals surface area (Å²) >= 11 is 0. The lowest BCUT2D eigenvalue weighted by Crippen LogP contribution is -2.55. The van der Waals surface area contributed by atoms with Gasteiger partial charge in [-0.3, -0.25) is 24.2 Å². The number of carbonyl (C=O) groups excluding carboxylic acids is 3. The Morgan fingerprint density at radius 3 is 2.32 bits per heavy atom. The first-order valence-corrected chi connectivity index (χ1v) is 15.4. The molecule has 234 valence electrons. The Labute approximate surface area is 257 Å². The van der Waals surface area contributed by atoms with Crippen molar-refractivity contribution in [2.45, 2.75) is 45.2 Å². The number of amides is 1. The lowest BCUT2D eigenvalue weighted by Gasteiger charge is -2.46. The number of nitrogens with two attached hydrogens (primary N) is 1. The van der Waals surface area contributed by atoms with E-state index < -0.39 is 52.6 Å². The molecule has 0 bridgehead atoms. The number of piperidine rings is 1. The normalized spacial score (nSPS) is 26.2. The van der Waals surface area contributed by atoms with Crippen molar-refractivity contribution in [2.75, 3.05) is 46.2 Å². The van der Waals surface area contributed by atoms with Crippen LogP contribution in [0.4, 0.5) is 5.69 Å². The largest absolute Gasteiger partial charge is 0.510 e. The summed E-state index contributed by atoms with van der Waals surface area (Å²) < 4.78 is 0. The number of hydrogen-bond donors (Lipinski definition) is 4. The van der Waals surface area contributed by atoms with E-state index in [4.69, 9.17) is 5.73 Å². The molecule has 6 rings (SSSR count). The minimum absolute atomic E-state index is 0.0905. The van der Waals surface area contributed by atoms with Gasteiger partial charge in [-0.2, -0.15) is 0 Å². The zero-order valence-electron chi connectivity index (χ0n) is 26.1. The number of aromatic hydroxyl groups is 1. The lowest BCUT2D eigenvalue weighted by molar-refractivity contribution is -0.136. The first-order valence-electron chi connectivity index (χ1n) is 15.4. The van der Waals surface area contributed by atoms with Crippen LogP contribution in [0.1, 0.15) is 42.9 Å². The van der Waals surface area contributed by atoms with Crippen LogP contribution in [0.3, 0.4) is 0 Å². The first-order chi connectivity index (χ1) is 20.8. The number of likely N-dealkylation sites (N-methyl/N-ethyl adjacent to an activating group) is 1. The summed E-state index contributed by atoms with van der Waals surface area (Å²) in [5.41, 5.74) is 7.87. The number of phenolic OH excluding ortho intramolecular Hbond substituents is 1. The third-order valence-corrected chi connectivity index (χ3v) is 10.3. The first kappa shape index (κ1) is 30.1. The van der Waals surface area contributed by atoms with E-state index >= 15 is 0 Å². The second-order valence-electron chi connectivity index (χ2n) is 13.6. The van der Waals surface area contributed by atoms with Gasteiger partial charge in [0.05, 0.1) is 17.5 Å². The molecule has 2 aromatic carbocycles. The van der Waals surface area contributed by atoms with Crippen LogP contribution in [-0.4, -0.2) is 89.9 Å². The number of fused-ring (bicyclic) bond motifs is 4. The summed E-state index contributed by atoms with van der Waals surface area (Å²) in [4.78, 5) is 45.9. The molecule has 3 aliphatic carbocycles. The number of likely N-dealkylation sites (tertiary alicyclic amines) is 1. The van der Waals surface area contributed by atoms with E-state index in [1.165, 1.54) is 0 Å². The molecule has 1 amide bonds. The summed E-state index contributed by atoms with van der Waals surface area (Å²) in [6, 6.07) is 5.33. The van der Waals surface area contributed by atoms with Crippen LogP contribution in [-0.2, 0) is 27.3 Å². The molecule has 0 radical (unpaired) electrons. The molecule has 10 heteroatoms. The molecular formula is C34H42N4O6. The minimum atomic E-state index is -1.27. The molecule has 5 N–H and O–H groups in total. The summed E-state index contributed by atoms with van der Waals surface area (Å²) in [5, 5.41) is 36.0. The molecule has 0 spiro atoms. The van der Waals surface area contributed by atoms with Crippen molar-refractivity contribution >= 4 is 39.7 Å². The number of hydrogen-bond acceptors (Lipinski definition) is 9. The number of phenols is 1. The second-order valence-corrected chi connectivity index (χ2v) is 13.6. The molecule has 1 heterocycles. The van der Waals surface area contributed by atoms with Crippen LogP contribution < -0.4 is 10.6 Å². The Morgan fingerprint density at radius 2 is 1.70 bits per heavy atom. The monoisotopic (exact) mass is 602 g/mol. The number of carbonyl (C=O) groups is 3. The topological polar surface area (TPSA) is 148 Å². The molecule has 2 aromatic rings. The highest BCUT2D eigenvalue weighted by molar-refractivity contribution is 6.28. The van der Waals surface area contributed by atoms with Gasteiger partial charge in [0.2, 0.25) is 0 Å². The second kappa shape index (κ2) is 10.9. The van der Waals surface area contributed by atoms with E-state index in [9.17, 15) is 29.7 Å². The number of anilines is 1. The third kappa shape index (κ3) is 4.57. The van der Waals surface area contributed by atoms with Crippen LogP contribution in [0, 0.1) is 23.7 Å². The van der Waals surface area contributed by atoms with E-state index in [-0.39, 0.29) is 22.6 Å². The number of rotatable bonds is 5. The van der Waals surface area contributed by atoms with Crippen LogP contribution in [0.25, 0.3) is 16.5 Å². The maximum Gasteiger partial charge on any atom is 0.255 e. The number of aliphatic hydroxyl groups excluding tert-OH is 2. The van der Waals surface area contributed by atoms with Gasteiger partial charge in [0.25, 0.3) is 5.91 Å². The van der Waals surface area contributed by atoms with Gasteiger partial charge in [-0.1, -0.05) is 19.1 Å². The average molecular weight is 603 g/mol. The zero-order valence-corrected chi connectivity index (χ0v) is 26.1. The molecule has 1 saturated heterocycles. The van der Waals surface area contributed by atoms with Crippen molar-refractivity contribution in [1.82, 2.24) is 9.80 Å². The molecule has 4 atom stereocenters. The third-order valence-electron chi connectivity index (χ3n) is 10.3. The molecule has 1 aliphatic heterocycles. The van der Waals surface area contributed by atoms with Crippen molar-refractivity contribution in [2.24, 2.45) is 29.4 Å². The Kier molecular flexibility index (Phi) is 7.49. The van der Waals surface area contributed by atoms with Gasteiger partial charge < -0.3 is 26.0 Å². The summed E-state index contributed by atoms with van der Waals surface area (Å²) in [6.07, 6.45) is 2.99. The molecule has 1 saturated carbocycles. The van der Waals surface area contributed by atoms with Gasteiger partial charge >= 0.3 is 0 Å². The number of Topliss-reactive ketones (excluding diaryl/α,β-unsaturated/α-hetero) is 2. The Morgan fingerprint density at radius 1 is 1.02 bits per heavy atom. The van der Waals surface area contributed by atoms with E-state index in [2.05, 4.69) is 17.9 Å². The van der Waals surface area contributed by atoms with Gasteiger partial charge in [-0.25, -0.2) is 0 Å². The maximum atomic E-state index is 14.1. The number of primary amides is 1. The van der Waals surface area contributed by atoms with Gasteiger partial charge in [0, 0.05) is 42.7 Å². The minimum Gasteiger partial charge on any atom is -0.510 e. The maximum absolute atomic E-state index is 14.1. The highest BCUT2D eigenvalue weighted by Crippen LogP contribution is 2.53. The molecule has 44 heavy (non-hydrogen) atoms. The van der Waals surface area contributed by atoms with Crippen LogP contribution in [0.2, 0.25) is 0 Å². The van der Waals surface area contributed by atoms with Crippen molar-refractivity contribution in [3.05, 3.63) is 51.8 Å². The summed E-state index contributed by atoms with van der Waals surface area (Å²) in [7, 11) is 7.26. The fraction of sp³-hybridized carbons (Fsp3) is 0.500. The molecule has 2 unspecified atom stereocenters. The Hall–Kier alpha value is -3.89. The number of ketones is 2. The smallest absolute Gasteiger partial charge is 0.255 e. The zero-order chi connectivity index (χ0) is 31.8. The number of benzene rings is 2. The van der Waals surface area contributed by atoms with Gasteiger partial charge in [-0.15, -0.1) is 0 Å². The molecule has 10 nitrogen and oxygen atoms in total. The SMILES string of the molecule is CC1CCN(Cc2ccc3c(N(C)C)c4c(c(O)c3c2)C(O)=C2C(=O)C3C(=O)C(C(N)=O)=C(O)[C@@H](N(C)C)C3C[C@@H]2C4)CC1. The lowest BCUT2D eigenvalue weighted by atomic mass is 9.59. The Bertz CT molecular complexity index is 1650. The van der Waals surface area contributed by atoms with Crippen molar-refractivity contribution in [3.8, 4) is 5.75 Å². The van der Waals surface area contributed by atoms with Crippen molar-refractivity contribution < 1.29 is 29.7 Å². The molecule has 2 fully saturated rings. The van der Waals surface area contributed by atoms with Crippen LogP contribution >= 0.6 is 0 Å². The van der Waals surface area contributed by atoms with E-state index in [0.29, 0.717) is 18.2 Å². The number of allylic oxidation sites excluding steroid dienone is 1. The predicted molar refractivity (Wildman–Crippen MR) is 168 cm³/mol. The molecule has 4 aliphatic rings. The van der Waals surface area contributed by atoms with Gasteiger partial charge in [-0.05, 0) is 87.8 Å². The van der Waals surface area contributed by atoms with Crippen LogP contribution in [0.5, 0.6) is 5.75 Å². The van der Waals surface area contributed by atoms with E-state index in [1.807, 2.05) is 31.1 Å². The number of aliphatic hydroxyl groups is 2. The van der Waals surface area contributed by atoms with Crippen LogP contribution in [0.15, 0.2) is 35.1 Å². The van der Waals surface area contributed by atoms with Gasteiger partial charge in [0.15, 0.2) is 11.6 Å². The average Bonchev–Trinajstić information content (AvgIpc) is 2.93. The van der Waals surface area contributed by atoms with E-state index in [0.717, 1.165) is 60.6 Å². The standard InChI is InChI=1S/C34H42N4O6/c1-16-8-10-38(11-9-16)15-17-6-7-19-20(12-17)29(39)24-21(27(19)36(2)3)13-18-14-22-25(31(41)23(18)30(24)40)32(42)26(34(35)44)33(43)28(22)37(4)5/h6-7,12,16,18,22,25,28,39-40,43H,8-11,13-15H2,1-5H3,(H2,35,44)/t18-,22?,25?,28-/m0/s1. The summed E-state index contributed by atoms with van der Waals surface area (Å²) in [5.74, 6) is -4.95.